The molecule has 1 aromatic rings. The fourth-order valence-corrected chi connectivity index (χ4v) is 1.29. The molecule has 0 aromatic heterocycles. The average Bonchev–Trinajstić information content (AvgIpc) is 2.36. The molecule has 0 heterocycles. The Labute approximate surface area is 106 Å². The second-order valence-corrected chi connectivity index (χ2v) is 3.53. The van der Waals surface area contributed by atoms with Gasteiger partial charge in [-0.2, -0.15) is 0 Å². The highest BCUT2D eigenvalue weighted by Crippen LogP contribution is 2.15. The van der Waals surface area contributed by atoms with Crippen molar-refractivity contribution in [1.82, 2.24) is 5.32 Å². The Morgan fingerprint density at radius 2 is 1.89 bits per heavy atom. The van der Waals surface area contributed by atoms with Gasteiger partial charge in [0.15, 0.2) is 0 Å². The Morgan fingerprint density at radius 1 is 1.22 bits per heavy atom. The van der Waals surface area contributed by atoms with Crippen LogP contribution in [0.25, 0.3) is 0 Å². The van der Waals surface area contributed by atoms with Crippen LogP contribution in [0.1, 0.15) is 6.92 Å². The summed E-state index contributed by atoms with van der Waals surface area (Å²) in [5, 5.41) is 8.16. The molecule has 6 heteroatoms. The predicted octanol–water partition coefficient (Wildman–Crippen LogP) is 1.41. The number of carbonyl (C=O) groups is 2. The van der Waals surface area contributed by atoms with Crippen LogP contribution in [-0.4, -0.2) is 32.2 Å². The van der Waals surface area contributed by atoms with Crippen LogP contribution in [0, 0.1) is 0 Å². The Kier molecular flexibility index (Phi) is 5.66. The summed E-state index contributed by atoms with van der Waals surface area (Å²) >= 11 is 0. The maximum Gasteiger partial charge on any atom is 0.411 e. The molecule has 0 aliphatic carbocycles. The van der Waals surface area contributed by atoms with E-state index >= 15 is 0 Å². The molecular weight excluding hydrogens is 234 g/mol. The zero-order valence-electron chi connectivity index (χ0n) is 10.4. The van der Waals surface area contributed by atoms with E-state index in [-0.39, 0.29) is 12.5 Å². The monoisotopic (exact) mass is 251 g/mol. The van der Waals surface area contributed by atoms with Gasteiger partial charge in [0.05, 0.1) is 13.7 Å². The summed E-state index contributed by atoms with van der Waals surface area (Å²) in [5.74, 6) is -0.132. The highest BCUT2D eigenvalue weighted by Gasteiger charge is 2.04. The third-order valence-electron chi connectivity index (χ3n) is 2.11. The summed E-state index contributed by atoms with van der Waals surface area (Å²) in [7, 11) is 1.29. The molecule has 6 nitrogen and oxygen atoms in total. The minimum Gasteiger partial charge on any atom is -0.453 e. The van der Waals surface area contributed by atoms with Crippen molar-refractivity contribution >= 4 is 23.4 Å². The van der Waals surface area contributed by atoms with Gasteiger partial charge < -0.3 is 15.4 Å². The van der Waals surface area contributed by atoms with Crippen molar-refractivity contribution in [2.45, 2.75) is 6.92 Å². The van der Waals surface area contributed by atoms with Crippen LogP contribution in [0.5, 0.6) is 0 Å². The second kappa shape index (κ2) is 7.29. The van der Waals surface area contributed by atoms with E-state index in [9.17, 15) is 9.59 Å². The number of benzene rings is 1. The Bertz CT molecular complexity index is 421. The fraction of sp³-hybridized carbons (Fsp3) is 0.333. The molecule has 3 N–H and O–H groups in total. The summed E-state index contributed by atoms with van der Waals surface area (Å²) in [6.07, 6.45) is -0.550. The number of hydrogen-bond donors (Lipinski definition) is 3. The molecule has 0 atom stereocenters. The van der Waals surface area contributed by atoms with Crippen molar-refractivity contribution in [3.63, 3.8) is 0 Å². The molecule has 0 saturated heterocycles. The number of amides is 2. The van der Waals surface area contributed by atoms with E-state index in [4.69, 9.17) is 0 Å². The SMILES string of the molecule is CCNCC(=O)Nc1cccc(NC(=O)OC)c1. The van der Waals surface area contributed by atoms with E-state index in [1.807, 2.05) is 6.92 Å². The lowest BCUT2D eigenvalue weighted by Crippen LogP contribution is -2.27. The van der Waals surface area contributed by atoms with Gasteiger partial charge in [-0.3, -0.25) is 10.1 Å². The molecule has 0 bridgehead atoms. The number of nitrogens with one attached hydrogen (secondary N) is 3. The summed E-state index contributed by atoms with van der Waals surface area (Å²) < 4.78 is 4.48. The van der Waals surface area contributed by atoms with Gasteiger partial charge in [-0.05, 0) is 24.7 Å². The van der Waals surface area contributed by atoms with Gasteiger partial charge in [0.25, 0.3) is 0 Å². The second-order valence-electron chi connectivity index (χ2n) is 3.53. The van der Waals surface area contributed by atoms with Gasteiger partial charge in [-0.1, -0.05) is 13.0 Å². The van der Waals surface area contributed by atoms with Crippen LogP contribution in [0.15, 0.2) is 24.3 Å². The number of likely N-dealkylation sites (N-methyl/N-ethyl adjacent to an activating group) is 1. The number of ether oxygens (including phenoxy) is 1. The fourth-order valence-electron chi connectivity index (χ4n) is 1.29. The number of hydrogen-bond acceptors (Lipinski definition) is 4. The number of methoxy groups -OCH3 is 1. The normalized spacial score (nSPS) is 9.67. The maximum absolute atomic E-state index is 11.5. The molecule has 98 valence electrons. The molecule has 0 aliphatic heterocycles. The molecule has 0 fully saturated rings. The Hall–Kier alpha value is -2.08. The smallest absolute Gasteiger partial charge is 0.411 e. The lowest BCUT2D eigenvalue weighted by Gasteiger charge is -2.08. The van der Waals surface area contributed by atoms with Crippen molar-refractivity contribution in [3.8, 4) is 0 Å². The quantitative estimate of drug-likeness (QED) is 0.739. The molecule has 0 spiro atoms. The third kappa shape index (κ3) is 4.84. The zero-order valence-corrected chi connectivity index (χ0v) is 10.4. The molecule has 2 amide bonds. The lowest BCUT2D eigenvalue weighted by molar-refractivity contribution is -0.115. The van der Waals surface area contributed by atoms with E-state index in [0.717, 1.165) is 6.54 Å². The van der Waals surface area contributed by atoms with Crippen molar-refractivity contribution < 1.29 is 14.3 Å². The molecule has 18 heavy (non-hydrogen) atoms. The van der Waals surface area contributed by atoms with E-state index < -0.39 is 6.09 Å². The largest absolute Gasteiger partial charge is 0.453 e. The van der Waals surface area contributed by atoms with Crippen molar-refractivity contribution in [1.29, 1.82) is 0 Å². The average molecular weight is 251 g/mol. The minimum absolute atomic E-state index is 0.132. The lowest BCUT2D eigenvalue weighted by atomic mass is 10.2. The molecule has 0 radical (unpaired) electrons. The first-order chi connectivity index (χ1) is 8.65. The molecular formula is C12H17N3O3. The number of rotatable bonds is 5. The van der Waals surface area contributed by atoms with Crippen LogP contribution in [-0.2, 0) is 9.53 Å². The first-order valence-electron chi connectivity index (χ1n) is 5.61. The first kappa shape index (κ1) is 14.0. The highest BCUT2D eigenvalue weighted by molar-refractivity contribution is 5.93. The summed E-state index contributed by atoms with van der Waals surface area (Å²) in [4.78, 5) is 22.5. The van der Waals surface area contributed by atoms with Gasteiger partial charge in [0.2, 0.25) is 5.91 Å². The first-order valence-corrected chi connectivity index (χ1v) is 5.61. The van der Waals surface area contributed by atoms with Gasteiger partial charge in [0, 0.05) is 11.4 Å². The minimum atomic E-state index is -0.550. The van der Waals surface area contributed by atoms with E-state index in [0.29, 0.717) is 11.4 Å². The molecule has 0 unspecified atom stereocenters. The van der Waals surface area contributed by atoms with Crippen molar-refractivity contribution in [2.24, 2.45) is 0 Å². The number of anilines is 2. The van der Waals surface area contributed by atoms with E-state index in [1.54, 1.807) is 24.3 Å². The van der Waals surface area contributed by atoms with Gasteiger partial charge >= 0.3 is 6.09 Å². The summed E-state index contributed by atoms with van der Waals surface area (Å²) in [6, 6.07) is 6.83. The van der Waals surface area contributed by atoms with E-state index in [1.165, 1.54) is 7.11 Å². The van der Waals surface area contributed by atoms with Crippen molar-refractivity contribution in [2.75, 3.05) is 30.8 Å². The molecule has 1 aromatic carbocycles. The predicted molar refractivity (Wildman–Crippen MR) is 69.6 cm³/mol. The molecule has 0 aliphatic rings. The highest BCUT2D eigenvalue weighted by atomic mass is 16.5. The number of carbonyl (C=O) groups excluding carboxylic acids is 2. The summed E-state index contributed by atoms with van der Waals surface area (Å²) in [6.45, 7) is 2.91. The molecule has 1 rings (SSSR count). The molecule has 0 saturated carbocycles. The third-order valence-corrected chi connectivity index (χ3v) is 2.11. The van der Waals surface area contributed by atoms with Crippen LogP contribution >= 0.6 is 0 Å². The van der Waals surface area contributed by atoms with Crippen molar-refractivity contribution in [3.05, 3.63) is 24.3 Å². The topological polar surface area (TPSA) is 79.5 Å². The van der Waals surface area contributed by atoms with Crippen LogP contribution < -0.4 is 16.0 Å². The van der Waals surface area contributed by atoms with Crippen LogP contribution in [0.3, 0.4) is 0 Å². The van der Waals surface area contributed by atoms with Crippen LogP contribution in [0.2, 0.25) is 0 Å². The standard InChI is InChI=1S/C12H17N3O3/c1-3-13-8-11(16)14-9-5-4-6-10(7-9)15-12(17)18-2/h4-7,13H,3,8H2,1-2H3,(H,14,16)(H,15,17). The maximum atomic E-state index is 11.5. The summed E-state index contributed by atoms with van der Waals surface area (Å²) in [5.41, 5.74) is 1.18. The Morgan fingerprint density at radius 3 is 2.50 bits per heavy atom. The van der Waals surface area contributed by atoms with Gasteiger partial charge in [0.1, 0.15) is 0 Å². The Balaban J connectivity index is 2.59. The van der Waals surface area contributed by atoms with E-state index in [2.05, 4.69) is 20.7 Å². The zero-order chi connectivity index (χ0) is 13.4. The van der Waals surface area contributed by atoms with Gasteiger partial charge in [-0.15, -0.1) is 0 Å². The van der Waals surface area contributed by atoms with Crippen LogP contribution in [0.4, 0.5) is 16.2 Å². The van der Waals surface area contributed by atoms with Gasteiger partial charge in [-0.25, -0.2) is 4.79 Å².